The van der Waals surface area contributed by atoms with Crippen LogP contribution in [0.3, 0.4) is 0 Å². The molecule has 6 heteroatoms. The van der Waals surface area contributed by atoms with Crippen LogP contribution in [-0.2, 0) is 6.54 Å². The summed E-state index contributed by atoms with van der Waals surface area (Å²) in [6.07, 6.45) is 0. The summed E-state index contributed by atoms with van der Waals surface area (Å²) in [7, 11) is 1.54. The molecule has 1 heterocycles. The summed E-state index contributed by atoms with van der Waals surface area (Å²) < 4.78 is 6.94. The maximum atomic E-state index is 11.6. The van der Waals surface area contributed by atoms with Crippen LogP contribution in [0.4, 0.5) is 0 Å². The van der Waals surface area contributed by atoms with Crippen molar-refractivity contribution in [1.29, 1.82) is 0 Å². The van der Waals surface area contributed by atoms with Crippen molar-refractivity contribution >= 4 is 40.1 Å². The Morgan fingerprint density at radius 2 is 1.87 bits per heavy atom. The van der Waals surface area contributed by atoms with Gasteiger partial charge in [-0.1, -0.05) is 35.3 Å². The summed E-state index contributed by atoms with van der Waals surface area (Å²) in [5.74, 6) is -0.483. The quantitative estimate of drug-likeness (QED) is 0.742. The highest BCUT2D eigenvalue weighted by Gasteiger charge is 2.21. The first-order chi connectivity index (χ1) is 11.0. The Kier molecular flexibility index (Phi) is 4.20. The molecule has 0 atom stereocenters. The van der Waals surface area contributed by atoms with E-state index in [-0.39, 0.29) is 10.7 Å². The van der Waals surface area contributed by atoms with Gasteiger partial charge in [0.15, 0.2) is 0 Å². The molecule has 0 bridgehead atoms. The summed E-state index contributed by atoms with van der Waals surface area (Å²) in [6, 6.07) is 12.6. The van der Waals surface area contributed by atoms with Gasteiger partial charge in [-0.2, -0.15) is 0 Å². The van der Waals surface area contributed by atoms with Crippen LogP contribution in [0.1, 0.15) is 15.9 Å². The second kappa shape index (κ2) is 6.14. The molecular weight excluding hydrogens is 337 g/mol. The molecule has 0 aliphatic carbocycles. The van der Waals surface area contributed by atoms with Gasteiger partial charge in [0.1, 0.15) is 16.5 Å². The monoisotopic (exact) mass is 349 g/mol. The van der Waals surface area contributed by atoms with Crippen LogP contribution >= 0.6 is 23.2 Å². The number of carboxylic acids is 1. The maximum absolute atomic E-state index is 11.6. The summed E-state index contributed by atoms with van der Waals surface area (Å²) in [4.78, 5) is 11.6. The first-order valence-corrected chi connectivity index (χ1v) is 7.60. The molecule has 0 amide bonds. The molecule has 118 valence electrons. The molecule has 0 saturated heterocycles. The molecule has 0 fully saturated rings. The Balaban J connectivity index is 2.18. The zero-order valence-corrected chi connectivity index (χ0v) is 13.7. The van der Waals surface area contributed by atoms with Crippen molar-refractivity contribution in [2.75, 3.05) is 7.11 Å². The fourth-order valence-electron chi connectivity index (χ4n) is 2.56. The molecule has 4 nitrogen and oxygen atoms in total. The van der Waals surface area contributed by atoms with Crippen molar-refractivity contribution in [2.45, 2.75) is 6.54 Å². The normalized spacial score (nSPS) is 10.9. The lowest BCUT2D eigenvalue weighted by Crippen LogP contribution is -2.01. The van der Waals surface area contributed by atoms with E-state index in [2.05, 4.69) is 0 Å². The van der Waals surface area contributed by atoms with Gasteiger partial charge in [0.2, 0.25) is 0 Å². The lowest BCUT2D eigenvalue weighted by molar-refractivity contribution is 0.0699. The van der Waals surface area contributed by atoms with Gasteiger partial charge in [-0.25, -0.2) is 4.79 Å². The number of nitrogens with zero attached hydrogens (tertiary/aromatic N) is 1. The number of halogens is 2. The molecule has 0 aliphatic rings. The van der Waals surface area contributed by atoms with Gasteiger partial charge in [0.05, 0.1) is 12.6 Å². The van der Waals surface area contributed by atoms with E-state index in [1.54, 1.807) is 28.8 Å². The first-order valence-electron chi connectivity index (χ1n) is 6.84. The van der Waals surface area contributed by atoms with E-state index < -0.39 is 5.97 Å². The van der Waals surface area contributed by atoms with Crippen LogP contribution < -0.4 is 4.74 Å². The molecule has 1 aromatic heterocycles. The fraction of sp³-hybridized carbons (Fsp3) is 0.118. The lowest BCUT2D eigenvalue weighted by atomic mass is 10.1. The average molecular weight is 350 g/mol. The third kappa shape index (κ3) is 2.87. The zero-order chi connectivity index (χ0) is 16.6. The van der Waals surface area contributed by atoms with Crippen LogP contribution in [0.15, 0.2) is 42.5 Å². The predicted octanol–water partition coefficient (Wildman–Crippen LogP) is 4.70. The molecule has 0 saturated carbocycles. The van der Waals surface area contributed by atoms with Crippen molar-refractivity contribution in [2.24, 2.45) is 0 Å². The highest BCUT2D eigenvalue weighted by Crippen LogP contribution is 2.33. The minimum Gasteiger partial charge on any atom is -0.497 e. The lowest BCUT2D eigenvalue weighted by Gasteiger charge is -2.08. The van der Waals surface area contributed by atoms with E-state index in [1.807, 2.05) is 18.2 Å². The summed E-state index contributed by atoms with van der Waals surface area (Å²) in [5, 5.41) is 10.9. The van der Waals surface area contributed by atoms with Crippen LogP contribution in [0.25, 0.3) is 10.9 Å². The number of fused-ring (bicyclic) bond motifs is 1. The molecule has 3 rings (SSSR count). The van der Waals surface area contributed by atoms with E-state index in [4.69, 9.17) is 27.9 Å². The number of hydrogen-bond donors (Lipinski definition) is 1. The van der Waals surface area contributed by atoms with Gasteiger partial charge in [0.25, 0.3) is 0 Å². The summed E-state index contributed by atoms with van der Waals surface area (Å²) in [5.41, 5.74) is 1.79. The first kappa shape index (κ1) is 15.7. The summed E-state index contributed by atoms with van der Waals surface area (Å²) in [6.45, 7) is 0.451. The number of carbonyl (C=O) groups is 1. The van der Waals surface area contributed by atoms with Crippen molar-refractivity contribution in [3.63, 3.8) is 0 Å². The number of ether oxygens (including phenoxy) is 1. The Labute approximate surface area is 142 Å². The van der Waals surface area contributed by atoms with E-state index in [0.29, 0.717) is 22.7 Å². The predicted molar refractivity (Wildman–Crippen MR) is 91.0 cm³/mol. The largest absolute Gasteiger partial charge is 0.497 e. The van der Waals surface area contributed by atoms with Crippen LogP contribution in [0.2, 0.25) is 10.2 Å². The summed E-state index contributed by atoms with van der Waals surface area (Å²) >= 11 is 12.2. The maximum Gasteiger partial charge on any atom is 0.339 e. The van der Waals surface area contributed by atoms with Gasteiger partial charge in [-0.15, -0.1) is 0 Å². The minimum atomic E-state index is -1.07. The van der Waals surface area contributed by atoms with Crippen molar-refractivity contribution in [3.05, 3.63) is 63.8 Å². The van der Waals surface area contributed by atoms with Gasteiger partial charge in [-0.05, 0) is 35.9 Å². The van der Waals surface area contributed by atoms with E-state index >= 15 is 0 Å². The molecule has 0 unspecified atom stereocenters. The van der Waals surface area contributed by atoms with Gasteiger partial charge < -0.3 is 14.4 Å². The molecule has 0 spiro atoms. The molecule has 0 radical (unpaired) electrons. The standard InChI is InChI=1S/C17H13Cl2NO3/c1-23-12-6-7-14-13(8-12)15(17(21)22)16(19)20(14)9-10-2-4-11(18)5-3-10/h2-8H,9H2,1H3,(H,21,22). The fourth-order valence-corrected chi connectivity index (χ4v) is 3.02. The van der Waals surface area contributed by atoms with Gasteiger partial charge in [0, 0.05) is 17.0 Å². The number of rotatable bonds is 4. The highest BCUT2D eigenvalue weighted by molar-refractivity contribution is 6.35. The number of carboxylic acid groups (broad SMARTS) is 1. The third-order valence-electron chi connectivity index (χ3n) is 3.67. The van der Waals surface area contributed by atoms with E-state index in [9.17, 15) is 9.90 Å². The van der Waals surface area contributed by atoms with Crippen molar-refractivity contribution in [1.82, 2.24) is 4.57 Å². The van der Waals surface area contributed by atoms with Crippen molar-refractivity contribution in [3.8, 4) is 5.75 Å². The smallest absolute Gasteiger partial charge is 0.339 e. The third-order valence-corrected chi connectivity index (χ3v) is 4.32. The Morgan fingerprint density at radius 1 is 1.17 bits per heavy atom. The van der Waals surface area contributed by atoms with Crippen LogP contribution in [0.5, 0.6) is 5.75 Å². The minimum absolute atomic E-state index is 0.0783. The molecule has 0 aliphatic heterocycles. The molecule has 2 aromatic carbocycles. The number of aromatic nitrogens is 1. The molecule has 23 heavy (non-hydrogen) atoms. The highest BCUT2D eigenvalue weighted by atomic mass is 35.5. The van der Waals surface area contributed by atoms with Gasteiger partial charge >= 0.3 is 5.97 Å². The van der Waals surface area contributed by atoms with Crippen LogP contribution in [-0.4, -0.2) is 22.8 Å². The Hall–Kier alpha value is -2.17. The van der Waals surface area contributed by atoms with E-state index in [1.165, 1.54) is 7.11 Å². The number of methoxy groups -OCH3 is 1. The second-order valence-electron chi connectivity index (χ2n) is 5.07. The molecule has 3 aromatic rings. The number of benzene rings is 2. The van der Waals surface area contributed by atoms with Crippen LogP contribution in [0, 0.1) is 0 Å². The Morgan fingerprint density at radius 3 is 2.48 bits per heavy atom. The second-order valence-corrected chi connectivity index (χ2v) is 5.86. The zero-order valence-electron chi connectivity index (χ0n) is 12.2. The van der Waals surface area contributed by atoms with Gasteiger partial charge in [-0.3, -0.25) is 0 Å². The molecule has 1 N–H and O–H groups in total. The average Bonchev–Trinajstić information content (AvgIpc) is 2.81. The topological polar surface area (TPSA) is 51.5 Å². The number of hydrogen-bond acceptors (Lipinski definition) is 2. The number of aromatic carboxylic acids is 1. The van der Waals surface area contributed by atoms with E-state index in [0.717, 1.165) is 11.1 Å². The Bertz CT molecular complexity index is 885. The van der Waals surface area contributed by atoms with Crippen molar-refractivity contribution < 1.29 is 14.6 Å². The SMILES string of the molecule is COc1ccc2c(c1)c(C(=O)O)c(Cl)n2Cc1ccc(Cl)cc1. The molecular formula is C17H13Cl2NO3.